The number of Topliss-reactive ketones (excluding diaryl/α,β-unsaturated/α-hetero) is 1. The lowest BCUT2D eigenvalue weighted by Gasteiger charge is -2.05. The predicted octanol–water partition coefficient (Wildman–Crippen LogP) is 3.23. The van der Waals surface area contributed by atoms with Crippen molar-refractivity contribution >= 4 is 17.8 Å². The smallest absolute Gasteiger partial charge is 0.169 e. The van der Waals surface area contributed by atoms with E-state index < -0.39 is 0 Å². The normalized spacial score (nSPS) is 12.1. The van der Waals surface area contributed by atoms with Gasteiger partial charge in [-0.3, -0.25) is 4.79 Å². The van der Waals surface area contributed by atoms with Crippen LogP contribution in [0.15, 0.2) is 46.7 Å². The molecule has 2 rings (SSSR count). The van der Waals surface area contributed by atoms with Gasteiger partial charge in [0, 0.05) is 6.21 Å². The number of nitrogens with zero attached hydrogens (tertiary/aromatic N) is 4. The maximum Gasteiger partial charge on any atom is 0.169 e. The number of rotatable bonds is 5. The highest BCUT2D eigenvalue weighted by Gasteiger charge is 2.15. The molecule has 0 saturated heterocycles. The highest BCUT2D eigenvalue weighted by molar-refractivity contribution is 6.12. The van der Waals surface area contributed by atoms with Crippen molar-refractivity contribution in [1.82, 2.24) is 9.78 Å². The predicted molar refractivity (Wildman–Crippen MR) is 91.4 cm³/mol. The molecule has 0 aliphatic heterocycles. The molecule has 0 saturated carbocycles. The Labute approximate surface area is 140 Å². The average molecular weight is 322 g/mol. The molecule has 1 aromatic carbocycles. The number of nitriles is 1. The zero-order valence-electron chi connectivity index (χ0n) is 13.8. The van der Waals surface area contributed by atoms with E-state index in [0.29, 0.717) is 23.6 Å². The van der Waals surface area contributed by atoms with Crippen LogP contribution in [0.1, 0.15) is 30.7 Å². The number of hydrogen-bond acceptors (Lipinski definition) is 5. The molecule has 0 spiro atoms. The van der Waals surface area contributed by atoms with Gasteiger partial charge in [0.05, 0.1) is 17.8 Å². The summed E-state index contributed by atoms with van der Waals surface area (Å²) in [7, 11) is 0. The number of aliphatic hydroxyl groups is 1. The number of hydrogen-bond donors (Lipinski definition) is 1. The Morgan fingerprint density at radius 2 is 2.04 bits per heavy atom. The van der Waals surface area contributed by atoms with Gasteiger partial charge in [0.1, 0.15) is 17.4 Å². The molecule has 24 heavy (non-hydrogen) atoms. The third-order valence-corrected chi connectivity index (χ3v) is 3.47. The minimum Gasteiger partial charge on any atom is -0.512 e. The first kappa shape index (κ1) is 17.2. The van der Waals surface area contributed by atoms with Crippen molar-refractivity contribution in [1.29, 1.82) is 5.26 Å². The summed E-state index contributed by atoms with van der Waals surface area (Å²) in [5.74, 6) is -0.0578. The van der Waals surface area contributed by atoms with Gasteiger partial charge in [0.15, 0.2) is 11.6 Å². The van der Waals surface area contributed by atoms with Crippen molar-refractivity contribution in [2.45, 2.75) is 27.3 Å². The van der Waals surface area contributed by atoms with Gasteiger partial charge in [-0.25, -0.2) is 9.67 Å². The molecule has 6 heteroatoms. The molecular formula is C18H18N4O2. The molecule has 1 heterocycles. The van der Waals surface area contributed by atoms with E-state index in [4.69, 9.17) is 0 Å². The maximum atomic E-state index is 11.5. The molecule has 6 nitrogen and oxygen atoms in total. The summed E-state index contributed by atoms with van der Waals surface area (Å²) in [5.41, 5.74) is 2.03. The van der Waals surface area contributed by atoms with Gasteiger partial charge in [-0.2, -0.15) is 10.4 Å². The van der Waals surface area contributed by atoms with Crippen molar-refractivity contribution in [3.8, 4) is 6.07 Å². The van der Waals surface area contributed by atoms with Crippen molar-refractivity contribution < 1.29 is 9.90 Å². The van der Waals surface area contributed by atoms with E-state index in [2.05, 4.69) is 16.2 Å². The van der Waals surface area contributed by atoms with Gasteiger partial charge in [-0.15, -0.1) is 0 Å². The Hall–Kier alpha value is -3.20. The summed E-state index contributed by atoms with van der Waals surface area (Å²) >= 11 is 0. The number of aryl methyl sites for hydroxylation is 1. The molecule has 1 aromatic heterocycles. The van der Waals surface area contributed by atoms with Crippen LogP contribution in [0.2, 0.25) is 0 Å². The Balaban J connectivity index is 2.47. The second-order valence-electron chi connectivity index (χ2n) is 5.35. The zero-order valence-corrected chi connectivity index (χ0v) is 13.8. The molecule has 0 amide bonds. The minimum absolute atomic E-state index is 0.101. The van der Waals surface area contributed by atoms with E-state index in [1.54, 1.807) is 11.6 Å². The summed E-state index contributed by atoms with van der Waals surface area (Å²) in [6.45, 7) is 4.95. The van der Waals surface area contributed by atoms with Crippen LogP contribution in [0, 0.1) is 18.3 Å². The van der Waals surface area contributed by atoms with E-state index >= 15 is 0 Å². The number of aliphatic hydroxyl groups excluding tert-OH is 1. The third kappa shape index (κ3) is 3.76. The summed E-state index contributed by atoms with van der Waals surface area (Å²) in [4.78, 5) is 15.8. The quantitative estimate of drug-likeness (QED) is 0.519. The number of aromatic nitrogens is 2. The molecule has 2 aromatic rings. The molecular weight excluding hydrogens is 304 g/mol. The van der Waals surface area contributed by atoms with E-state index in [1.807, 2.05) is 30.3 Å². The van der Waals surface area contributed by atoms with Gasteiger partial charge in [0.25, 0.3) is 0 Å². The number of allylic oxidation sites excluding steroid dienone is 2. The highest BCUT2D eigenvalue weighted by atomic mass is 16.3. The highest BCUT2D eigenvalue weighted by Crippen LogP contribution is 2.23. The molecule has 0 aliphatic carbocycles. The first-order valence-corrected chi connectivity index (χ1v) is 7.40. The lowest BCUT2D eigenvalue weighted by molar-refractivity contribution is -0.113. The van der Waals surface area contributed by atoms with Crippen LogP contribution in [-0.2, 0) is 11.3 Å². The van der Waals surface area contributed by atoms with Crippen LogP contribution < -0.4 is 0 Å². The SMILES string of the molecule is CC(=O)C(/C=N/c1c(C#N)c(C)nn1Cc1ccccc1)=C(\C)O. The Morgan fingerprint density at radius 3 is 2.58 bits per heavy atom. The molecule has 0 aliphatic rings. The molecule has 122 valence electrons. The third-order valence-electron chi connectivity index (χ3n) is 3.47. The van der Waals surface area contributed by atoms with Crippen molar-refractivity contribution in [3.05, 3.63) is 58.5 Å². The van der Waals surface area contributed by atoms with E-state index in [1.165, 1.54) is 20.1 Å². The summed E-state index contributed by atoms with van der Waals surface area (Å²) < 4.78 is 1.62. The molecule has 0 fully saturated rings. The van der Waals surface area contributed by atoms with Crippen LogP contribution in [0.5, 0.6) is 0 Å². The fourth-order valence-corrected chi connectivity index (χ4v) is 2.26. The number of carbonyl (C=O) groups excluding carboxylic acids is 1. The molecule has 1 N–H and O–H groups in total. The van der Waals surface area contributed by atoms with Gasteiger partial charge in [0.2, 0.25) is 0 Å². The topological polar surface area (TPSA) is 91.3 Å². The van der Waals surface area contributed by atoms with Gasteiger partial charge in [-0.05, 0) is 26.3 Å². The number of carbonyl (C=O) groups is 1. The monoisotopic (exact) mass is 322 g/mol. The zero-order chi connectivity index (χ0) is 17.7. The average Bonchev–Trinajstić information content (AvgIpc) is 2.82. The number of aliphatic imine (C=N–C) groups is 1. The summed E-state index contributed by atoms with van der Waals surface area (Å²) in [6.07, 6.45) is 1.27. The van der Waals surface area contributed by atoms with E-state index in [9.17, 15) is 15.2 Å². The molecule has 0 unspecified atom stereocenters. The van der Waals surface area contributed by atoms with Crippen molar-refractivity contribution in [2.75, 3.05) is 0 Å². The molecule has 0 bridgehead atoms. The Bertz CT molecular complexity index is 851. The Kier molecular flexibility index (Phi) is 5.27. The molecule has 0 atom stereocenters. The van der Waals surface area contributed by atoms with Crippen LogP contribution in [0.25, 0.3) is 0 Å². The van der Waals surface area contributed by atoms with Gasteiger partial charge in [-0.1, -0.05) is 30.3 Å². The first-order valence-electron chi connectivity index (χ1n) is 7.40. The maximum absolute atomic E-state index is 11.5. The minimum atomic E-state index is -0.303. The van der Waals surface area contributed by atoms with E-state index in [-0.39, 0.29) is 17.1 Å². The van der Waals surface area contributed by atoms with Gasteiger partial charge >= 0.3 is 0 Å². The summed E-state index contributed by atoms with van der Waals surface area (Å²) in [6, 6.07) is 11.8. The van der Waals surface area contributed by atoms with Gasteiger partial charge < -0.3 is 5.11 Å². The van der Waals surface area contributed by atoms with Crippen LogP contribution in [0.3, 0.4) is 0 Å². The van der Waals surface area contributed by atoms with Crippen LogP contribution in [0.4, 0.5) is 5.82 Å². The largest absolute Gasteiger partial charge is 0.512 e. The lowest BCUT2D eigenvalue weighted by Crippen LogP contribution is -2.04. The van der Waals surface area contributed by atoms with E-state index in [0.717, 1.165) is 5.56 Å². The fraction of sp³-hybridized carbons (Fsp3) is 0.222. The number of benzene rings is 1. The standard InChI is InChI=1S/C18H18N4O2/c1-12-16(9-19)18(20-10-17(13(2)23)14(3)24)22(21-12)11-15-7-5-4-6-8-15/h4-8,10,23H,11H2,1-3H3/b17-13+,20-10+. The second-order valence-corrected chi connectivity index (χ2v) is 5.35. The van der Waals surface area contributed by atoms with Crippen molar-refractivity contribution in [2.24, 2.45) is 4.99 Å². The second kappa shape index (κ2) is 7.38. The summed E-state index contributed by atoms with van der Waals surface area (Å²) in [5, 5.41) is 23.3. The van der Waals surface area contributed by atoms with Crippen LogP contribution in [-0.4, -0.2) is 26.9 Å². The Morgan fingerprint density at radius 1 is 1.38 bits per heavy atom. The van der Waals surface area contributed by atoms with Crippen LogP contribution >= 0.6 is 0 Å². The van der Waals surface area contributed by atoms with Crippen molar-refractivity contribution in [3.63, 3.8) is 0 Å². The lowest BCUT2D eigenvalue weighted by atomic mass is 10.2. The first-order chi connectivity index (χ1) is 11.4. The fourth-order valence-electron chi connectivity index (χ4n) is 2.26. The number of ketones is 1. The molecule has 0 radical (unpaired) electrons.